The fourth-order valence-corrected chi connectivity index (χ4v) is 4.57. The average Bonchev–Trinajstić information content (AvgIpc) is 2.14. The van der Waals surface area contributed by atoms with E-state index in [0.29, 0.717) is 0 Å². The van der Waals surface area contributed by atoms with Crippen molar-refractivity contribution in [2.45, 2.75) is 18.2 Å². The largest absolute Gasteiger partial charge is 0.397 e. The van der Waals surface area contributed by atoms with Gasteiger partial charge in [0.15, 0.2) is 0 Å². The van der Waals surface area contributed by atoms with Crippen LogP contribution in [-0.4, -0.2) is 5.75 Å². The van der Waals surface area contributed by atoms with Gasteiger partial charge in [-0.1, -0.05) is 6.92 Å². The molecule has 0 fully saturated rings. The second kappa shape index (κ2) is 5.77. The molecule has 0 aliphatic carbocycles. The van der Waals surface area contributed by atoms with E-state index < -0.39 is 0 Å². The molecule has 0 saturated heterocycles. The van der Waals surface area contributed by atoms with E-state index in [2.05, 4.69) is 54.7 Å². The number of thioether (sulfide) groups is 1. The highest BCUT2D eigenvalue weighted by Gasteiger charge is 2.11. The maximum absolute atomic E-state index is 5.90. The van der Waals surface area contributed by atoms with Crippen molar-refractivity contribution in [3.05, 3.63) is 19.5 Å². The first kappa shape index (κ1) is 12.9. The molecule has 1 rings (SSSR count). The molecule has 0 saturated carbocycles. The van der Waals surface area contributed by atoms with Crippen molar-refractivity contribution in [3.63, 3.8) is 0 Å². The smallest absolute Gasteiger partial charge is 0.0615 e. The number of halogens is 3. The lowest BCUT2D eigenvalue weighted by molar-refractivity contribution is 1.10. The molecule has 0 aliphatic rings. The van der Waals surface area contributed by atoms with Crippen LogP contribution in [0.15, 0.2) is 24.4 Å². The second-order valence-corrected chi connectivity index (χ2v) is 6.35. The predicted molar refractivity (Wildman–Crippen MR) is 75.0 cm³/mol. The third-order valence-electron chi connectivity index (χ3n) is 1.61. The van der Waals surface area contributed by atoms with E-state index >= 15 is 0 Å². The molecule has 0 aromatic heterocycles. The molecule has 1 aromatic rings. The Labute approximate surface area is 114 Å². The summed E-state index contributed by atoms with van der Waals surface area (Å²) in [5.74, 6) is 1.10. The molecule has 5 heteroatoms. The topological polar surface area (TPSA) is 26.0 Å². The Kier molecular flexibility index (Phi) is 5.31. The van der Waals surface area contributed by atoms with Crippen LogP contribution in [0.5, 0.6) is 0 Å². The summed E-state index contributed by atoms with van der Waals surface area (Å²) in [7, 11) is 0. The summed E-state index contributed by atoms with van der Waals surface area (Å²) in [4.78, 5) is 1.17. The Bertz CT molecular complexity index is 341. The number of rotatable bonds is 3. The lowest BCUT2D eigenvalue weighted by Crippen LogP contribution is -1.92. The van der Waals surface area contributed by atoms with Gasteiger partial charge >= 0.3 is 0 Å². The van der Waals surface area contributed by atoms with Gasteiger partial charge in [0.05, 0.1) is 10.2 Å². The van der Waals surface area contributed by atoms with Crippen LogP contribution in [0.4, 0.5) is 5.69 Å². The van der Waals surface area contributed by atoms with Gasteiger partial charge in [-0.3, -0.25) is 0 Å². The minimum absolute atomic E-state index is 0.756. The Hall–Kier alpha value is 0.810. The van der Waals surface area contributed by atoms with Crippen LogP contribution in [0.1, 0.15) is 13.3 Å². The third-order valence-corrected chi connectivity index (χ3v) is 5.57. The summed E-state index contributed by atoms with van der Waals surface area (Å²) in [6, 6.07) is 1.98. The van der Waals surface area contributed by atoms with Gasteiger partial charge in [-0.15, -0.1) is 11.8 Å². The van der Waals surface area contributed by atoms with Crippen molar-refractivity contribution >= 4 is 65.2 Å². The molecular formula is C9H10Br3NS. The molecule has 0 atom stereocenters. The van der Waals surface area contributed by atoms with Crippen LogP contribution in [0, 0.1) is 0 Å². The fourth-order valence-electron chi connectivity index (χ4n) is 0.923. The molecule has 0 bridgehead atoms. The maximum atomic E-state index is 5.90. The molecule has 0 radical (unpaired) electrons. The number of nitrogen functional groups attached to an aromatic ring is 1. The van der Waals surface area contributed by atoms with Crippen LogP contribution in [0.2, 0.25) is 0 Å². The number of nitrogens with two attached hydrogens (primary N) is 1. The standard InChI is InChI=1S/C9H10Br3NS/c1-2-3-14-9-6(11)4-5(10)8(13)7(9)12/h4H,2-3,13H2,1H3. The predicted octanol–water partition coefficient (Wildman–Crippen LogP) is 5.06. The SMILES string of the molecule is CCCSc1c(Br)cc(Br)c(N)c1Br. The molecule has 0 amide bonds. The van der Waals surface area contributed by atoms with Crippen LogP contribution in [0.25, 0.3) is 0 Å². The van der Waals surface area contributed by atoms with Crippen molar-refractivity contribution in [1.82, 2.24) is 0 Å². The molecule has 1 nitrogen and oxygen atoms in total. The second-order valence-electron chi connectivity index (χ2n) is 2.75. The number of hydrogen-bond acceptors (Lipinski definition) is 2. The van der Waals surface area contributed by atoms with Gasteiger partial charge in [-0.25, -0.2) is 0 Å². The Morgan fingerprint density at radius 1 is 1.29 bits per heavy atom. The number of hydrogen-bond donors (Lipinski definition) is 1. The first-order valence-corrected chi connectivity index (χ1v) is 7.50. The number of anilines is 1. The molecule has 0 spiro atoms. The monoisotopic (exact) mass is 401 g/mol. The third kappa shape index (κ3) is 2.90. The molecule has 0 heterocycles. The van der Waals surface area contributed by atoms with Gasteiger partial charge in [0.25, 0.3) is 0 Å². The fraction of sp³-hybridized carbons (Fsp3) is 0.333. The zero-order valence-corrected chi connectivity index (χ0v) is 13.2. The normalized spacial score (nSPS) is 10.6. The summed E-state index contributed by atoms with van der Waals surface area (Å²) in [5, 5.41) is 0. The summed E-state index contributed by atoms with van der Waals surface area (Å²) >= 11 is 12.2. The summed E-state index contributed by atoms with van der Waals surface area (Å²) in [5.41, 5.74) is 6.65. The first-order valence-electron chi connectivity index (χ1n) is 4.13. The van der Waals surface area contributed by atoms with Gasteiger partial charge < -0.3 is 5.73 Å². The highest BCUT2D eigenvalue weighted by atomic mass is 79.9. The lowest BCUT2D eigenvalue weighted by atomic mass is 10.3. The summed E-state index contributed by atoms with van der Waals surface area (Å²) < 4.78 is 2.96. The van der Waals surface area contributed by atoms with Crippen LogP contribution in [-0.2, 0) is 0 Å². The average molecular weight is 404 g/mol. The molecule has 0 aliphatic heterocycles. The molecule has 0 unspecified atom stereocenters. The van der Waals surface area contributed by atoms with E-state index in [1.165, 1.54) is 4.90 Å². The van der Waals surface area contributed by atoms with Gasteiger partial charge in [0.1, 0.15) is 0 Å². The van der Waals surface area contributed by atoms with E-state index in [1.807, 2.05) is 6.07 Å². The Balaban J connectivity index is 3.09. The van der Waals surface area contributed by atoms with Gasteiger partial charge in [-0.2, -0.15) is 0 Å². The van der Waals surface area contributed by atoms with Crippen molar-refractivity contribution in [1.29, 1.82) is 0 Å². The van der Waals surface area contributed by atoms with Crippen molar-refractivity contribution < 1.29 is 0 Å². The molecule has 2 N–H and O–H groups in total. The highest BCUT2D eigenvalue weighted by Crippen LogP contribution is 2.42. The van der Waals surface area contributed by atoms with E-state index in [0.717, 1.165) is 31.3 Å². The molecule has 78 valence electrons. The van der Waals surface area contributed by atoms with Crippen molar-refractivity contribution in [2.24, 2.45) is 0 Å². The molecule has 14 heavy (non-hydrogen) atoms. The number of benzene rings is 1. The van der Waals surface area contributed by atoms with Crippen molar-refractivity contribution in [2.75, 3.05) is 11.5 Å². The van der Waals surface area contributed by atoms with Crippen molar-refractivity contribution in [3.8, 4) is 0 Å². The summed E-state index contributed by atoms with van der Waals surface area (Å²) in [6.07, 6.45) is 1.15. The Morgan fingerprint density at radius 2 is 1.93 bits per heavy atom. The van der Waals surface area contributed by atoms with Gasteiger partial charge in [-0.05, 0) is 66.0 Å². The highest BCUT2D eigenvalue weighted by molar-refractivity contribution is 9.11. The maximum Gasteiger partial charge on any atom is 0.0615 e. The van der Waals surface area contributed by atoms with E-state index in [9.17, 15) is 0 Å². The molecular weight excluding hydrogens is 394 g/mol. The van der Waals surface area contributed by atoms with E-state index in [4.69, 9.17) is 5.73 Å². The first-order chi connectivity index (χ1) is 6.57. The zero-order chi connectivity index (χ0) is 10.7. The van der Waals surface area contributed by atoms with Gasteiger partial charge in [0.2, 0.25) is 0 Å². The van der Waals surface area contributed by atoms with E-state index in [-0.39, 0.29) is 0 Å². The quantitative estimate of drug-likeness (QED) is 0.564. The minimum Gasteiger partial charge on any atom is -0.397 e. The zero-order valence-electron chi connectivity index (χ0n) is 7.61. The lowest BCUT2D eigenvalue weighted by Gasteiger charge is -2.10. The van der Waals surface area contributed by atoms with Gasteiger partial charge in [0, 0.05) is 13.8 Å². The molecule has 1 aromatic carbocycles. The van der Waals surface area contributed by atoms with E-state index in [1.54, 1.807) is 11.8 Å². The summed E-state index contributed by atoms with van der Waals surface area (Å²) in [6.45, 7) is 2.16. The van der Waals surface area contributed by atoms with Crippen LogP contribution in [0.3, 0.4) is 0 Å². The Morgan fingerprint density at radius 3 is 2.50 bits per heavy atom. The minimum atomic E-state index is 0.756. The van der Waals surface area contributed by atoms with Crippen LogP contribution < -0.4 is 5.73 Å². The van der Waals surface area contributed by atoms with Crippen LogP contribution >= 0.6 is 59.6 Å².